The molecule has 0 saturated heterocycles. The molecule has 1 amide bonds. The maximum absolute atomic E-state index is 13.4. The van der Waals surface area contributed by atoms with E-state index in [1.54, 1.807) is 24.3 Å². The molecule has 2 aromatic carbocycles. The van der Waals surface area contributed by atoms with E-state index in [1.165, 1.54) is 6.07 Å². The van der Waals surface area contributed by atoms with Gasteiger partial charge in [-0.3, -0.25) is 4.79 Å². The topological polar surface area (TPSA) is 29.1 Å². The van der Waals surface area contributed by atoms with Gasteiger partial charge in [0.05, 0.1) is 0 Å². The molecule has 0 radical (unpaired) electrons. The first-order valence-corrected chi connectivity index (χ1v) is 5.93. The van der Waals surface area contributed by atoms with Crippen molar-refractivity contribution in [2.75, 3.05) is 0 Å². The second-order valence-corrected chi connectivity index (χ2v) is 4.28. The number of benzene rings is 2. The minimum Gasteiger partial charge on any atom is -0.348 e. The average molecular weight is 282 g/mol. The Morgan fingerprint density at radius 3 is 2.32 bits per heavy atom. The lowest BCUT2D eigenvalue weighted by molar-refractivity contribution is 0.0942. The van der Waals surface area contributed by atoms with Crippen molar-refractivity contribution in [1.29, 1.82) is 0 Å². The number of amides is 1. The molecule has 0 aromatic heterocycles. The molecule has 0 atom stereocenters. The predicted octanol–water partition coefficient (Wildman–Crippen LogP) is 3.55. The molecule has 0 aliphatic heterocycles. The number of hydrogen-bond acceptors (Lipinski definition) is 1. The highest BCUT2D eigenvalue weighted by Gasteiger charge is 2.16. The molecule has 0 aliphatic rings. The highest BCUT2D eigenvalue weighted by molar-refractivity contribution is 6.31. The number of halogens is 3. The van der Waals surface area contributed by atoms with Gasteiger partial charge in [0.25, 0.3) is 5.91 Å². The lowest BCUT2D eigenvalue weighted by Gasteiger charge is -2.08. The smallest absolute Gasteiger partial charge is 0.257 e. The highest BCUT2D eigenvalue weighted by Crippen LogP contribution is 2.15. The third kappa shape index (κ3) is 3.09. The lowest BCUT2D eigenvalue weighted by atomic mass is 10.1. The molecule has 0 fully saturated rings. The van der Waals surface area contributed by atoms with Gasteiger partial charge in [0.1, 0.15) is 17.2 Å². The van der Waals surface area contributed by atoms with Gasteiger partial charge in [-0.05, 0) is 23.8 Å². The van der Waals surface area contributed by atoms with Crippen molar-refractivity contribution in [3.8, 4) is 0 Å². The fraction of sp³-hybridized carbons (Fsp3) is 0.0714. The Kier molecular flexibility index (Phi) is 4.12. The molecule has 98 valence electrons. The summed E-state index contributed by atoms with van der Waals surface area (Å²) in [7, 11) is 0. The highest BCUT2D eigenvalue weighted by atomic mass is 35.5. The van der Waals surface area contributed by atoms with Crippen LogP contribution in [0.4, 0.5) is 8.78 Å². The molecule has 2 aromatic rings. The van der Waals surface area contributed by atoms with E-state index in [4.69, 9.17) is 11.6 Å². The Morgan fingerprint density at radius 1 is 1.05 bits per heavy atom. The molecule has 5 heteroatoms. The molecule has 2 nitrogen and oxygen atoms in total. The summed E-state index contributed by atoms with van der Waals surface area (Å²) in [5, 5.41) is 2.92. The summed E-state index contributed by atoms with van der Waals surface area (Å²) in [5.41, 5.74) is 0.0869. The largest absolute Gasteiger partial charge is 0.348 e. The van der Waals surface area contributed by atoms with Crippen molar-refractivity contribution in [1.82, 2.24) is 5.32 Å². The summed E-state index contributed by atoms with van der Waals surface area (Å²) >= 11 is 5.92. The molecule has 19 heavy (non-hydrogen) atoms. The van der Waals surface area contributed by atoms with Crippen LogP contribution in [0.5, 0.6) is 0 Å². The third-order valence-corrected chi connectivity index (χ3v) is 2.96. The van der Waals surface area contributed by atoms with Crippen molar-refractivity contribution in [3.05, 3.63) is 70.2 Å². The average Bonchev–Trinajstić information content (AvgIpc) is 2.37. The molecular formula is C14H10ClF2NO. The van der Waals surface area contributed by atoms with Crippen LogP contribution in [0, 0.1) is 11.6 Å². The van der Waals surface area contributed by atoms with E-state index >= 15 is 0 Å². The van der Waals surface area contributed by atoms with Crippen LogP contribution in [-0.2, 0) is 6.54 Å². The Bertz CT molecular complexity index is 596. The second kappa shape index (κ2) is 5.80. The minimum absolute atomic E-state index is 0.103. The molecular weight excluding hydrogens is 272 g/mol. The van der Waals surface area contributed by atoms with Crippen LogP contribution >= 0.6 is 11.6 Å². The number of hydrogen-bond donors (Lipinski definition) is 1. The van der Waals surface area contributed by atoms with Crippen LogP contribution in [0.15, 0.2) is 42.5 Å². The standard InChI is InChI=1S/C14H10ClF2NO/c15-10-5-2-1-4-9(10)8-18-14(19)13-11(16)6-3-7-12(13)17/h1-7H,8H2,(H,18,19). The Labute approximate surface area is 114 Å². The van der Waals surface area contributed by atoms with Crippen LogP contribution in [-0.4, -0.2) is 5.91 Å². The van der Waals surface area contributed by atoms with Crippen molar-refractivity contribution in [3.63, 3.8) is 0 Å². The summed E-state index contributed by atoms with van der Waals surface area (Å²) in [4.78, 5) is 11.7. The third-order valence-electron chi connectivity index (χ3n) is 2.59. The maximum Gasteiger partial charge on any atom is 0.257 e. The summed E-state index contributed by atoms with van der Waals surface area (Å²) in [6.45, 7) is 0.103. The molecule has 0 aliphatic carbocycles. The Balaban J connectivity index is 2.13. The molecule has 0 unspecified atom stereocenters. The molecule has 0 bridgehead atoms. The van der Waals surface area contributed by atoms with Crippen LogP contribution < -0.4 is 5.32 Å². The molecule has 0 heterocycles. The Morgan fingerprint density at radius 2 is 1.68 bits per heavy atom. The number of carbonyl (C=O) groups excluding carboxylic acids is 1. The fourth-order valence-corrected chi connectivity index (χ4v) is 1.82. The molecule has 1 N–H and O–H groups in total. The quantitative estimate of drug-likeness (QED) is 0.916. The number of nitrogens with one attached hydrogen (secondary N) is 1. The summed E-state index contributed by atoms with van der Waals surface area (Å²) in [6.07, 6.45) is 0. The second-order valence-electron chi connectivity index (χ2n) is 3.87. The lowest BCUT2D eigenvalue weighted by Crippen LogP contribution is -2.25. The van der Waals surface area contributed by atoms with E-state index in [1.807, 2.05) is 0 Å². The van der Waals surface area contributed by atoms with Crippen molar-refractivity contribution >= 4 is 17.5 Å². The van der Waals surface area contributed by atoms with E-state index in [0.29, 0.717) is 10.6 Å². The zero-order valence-electron chi connectivity index (χ0n) is 9.79. The SMILES string of the molecule is O=C(NCc1ccccc1Cl)c1c(F)cccc1F. The van der Waals surface area contributed by atoms with Crippen molar-refractivity contribution in [2.45, 2.75) is 6.54 Å². The molecule has 0 spiro atoms. The Hall–Kier alpha value is -1.94. The van der Waals surface area contributed by atoms with Crippen molar-refractivity contribution < 1.29 is 13.6 Å². The first-order chi connectivity index (χ1) is 9.09. The minimum atomic E-state index is -0.892. The van der Waals surface area contributed by atoms with Gasteiger partial charge in [-0.2, -0.15) is 0 Å². The summed E-state index contributed by atoms with van der Waals surface area (Å²) in [5.74, 6) is -2.59. The fourth-order valence-electron chi connectivity index (χ4n) is 1.62. The van der Waals surface area contributed by atoms with Gasteiger partial charge < -0.3 is 5.32 Å². The number of carbonyl (C=O) groups is 1. The van der Waals surface area contributed by atoms with Gasteiger partial charge in [0, 0.05) is 11.6 Å². The zero-order valence-corrected chi connectivity index (χ0v) is 10.5. The van der Waals surface area contributed by atoms with Crippen LogP contribution in [0.25, 0.3) is 0 Å². The summed E-state index contributed by atoms with van der Waals surface area (Å²) in [6, 6.07) is 10.2. The maximum atomic E-state index is 13.4. The zero-order chi connectivity index (χ0) is 13.8. The monoisotopic (exact) mass is 281 g/mol. The summed E-state index contributed by atoms with van der Waals surface area (Å²) < 4.78 is 26.8. The van der Waals surface area contributed by atoms with Gasteiger partial charge in [-0.15, -0.1) is 0 Å². The van der Waals surface area contributed by atoms with Gasteiger partial charge in [-0.25, -0.2) is 8.78 Å². The normalized spacial score (nSPS) is 10.3. The molecule has 0 saturated carbocycles. The predicted molar refractivity (Wildman–Crippen MR) is 69.0 cm³/mol. The van der Waals surface area contributed by atoms with Crippen LogP contribution in [0.1, 0.15) is 15.9 Å². The van der Waals surface area contributed by atoms with Crippen LogP contribution in [0.3, 0.4) is 0 Å². The first kappa shape index (κ1) is 13.5. The van der Waals surface area contributed by atoms with E-state index in [0.717, 1.165) is 12.1 Å². The molecule has 2 rings (SSSR count). The first-order valence-electron chi connectivity index (χ1n) is 5.55. The van der Waals surface area contributed by atoms with Gasteiger partial charge in [-0.1, -0.05) is 35.9 Å². The van der Waals surface area contributed by atoms with Gasteiger partial charge >= 0.3 is 0 Å². The van der Waals surface area contributed by atoms with E-state index in [-0.39, 0.29) is 6.54 Å². The number of rotatable bonds is 3. The van der Waals surface area contributed by atoms with Gasteiger partial charge in [0.2, 0.25) is 0 Å². The van der Waals surface area contributed by atoms with E-state index in [2.05, 4.69) is 5.32 Å². The van der Waals surface area contributed by atoms with Crippen LogP contribution in [0.2, 0.25) is 5.02 Å². The van der Waals surface area contributed by atoms with Crippen molar-refractivity contribution in [2.24, 2.45) is 0 Å². The van der Waals surface area contributed by atoms with E-state index < -0.39 is 23.1 Å². The van der Waals surface area contributed by atoms with Gasteiger partial charge in [0.15, 0.2) is 0 Å². The van der Waals surface area contributed by atoms with E-state index in [9.17, 15) is 13.6 Å².